The first-order valence-electron chi connectivity index (χ1n) is 4.48. The molecular formula is C10H14NP. The topological polar surface area (TPSA) is 3.24 Å². The summed E-state index contributed by atoms with van der Waals surface area (Å²) in [6.07, 6.45) is 8.93. The molecule has 1 atom stereocenters. The van der Waals surface area contributed by atoms with Crippen molar-refractivity contribution in [1.82, 2.24) is 4.67 Å². The summed E-state index contributed by atoms with van der Waals surface area (Å²) in [6.45, 7) is 2.42. The molecule has 2 heteroatoms. The molecule has 0 spiro atoms. The molecule has 0 aromatic heterocycles. The molecule has 0 N–H and O–H groups in total. The van der Waals surface area contributed by atoms with Gasteiger partial charge in [-0.1, -0.05) is 15.5 Å². The molecule has 12 heavy (non-hydrogen) atoms. The molecule has 0 amide bonds. The molecule has 1 aliphatic heterocycles. The largest absolute Gasteiger partial charge is 0.287 e. The summed E-state index contributed by atoms with van der Waals surface area (Å²) in [5.41, 5.74) is 4.60. The summed E-state index contributed by atoms with van der Waals surface area (Å²) in [5.74, 6) is 0.785. The van der Waals surface area contributed by atoms with Crippen LogP contribution in [0.5, 0.6) is 0 Å². The molecule has 1 heterocycles. The van der Waals surface area contributed by atoms with E-state index in [1.165, 1.54) is 31.5 Å². The molecular weight excluding hydrogens is 165 g/mol. The minimum Gasteiger partial charge on any atom is -0.287 e. The second-order valence-electron chi connectivity index (χ2n) is 3.45. The first kappa shape index (κ1) is 8.26. The van der Waals surface area contributed by atoms with E-state index < -0.39 is 0 Å². The Kier molecular flexibility index (Phi) is 2.46. The maximum atomic E-state index is 3.12. The molecule has 64 valence electrons. The van der Waals surface area contributed by atoms with Gasteiger partial charge in [-0.3, -0.25) is 4.67 Å². The van der Waals surface area contributed by atoms with Gasteiger partial charge in [0.25, 0.3) is 0 Å². The number of allylic oxidation sites excluding steroid dienone is 3. The molecule has 1 fully saturated rings. The average molecular weight is 179 g/mol. The van der Waals surface area contributed by atoms with E-state index >= 15 is 0 Å². The van der Waals surface area contributed by atoms with Gasteiger partial charge in [0.2, 0.25) is 0 Å². The highest BCUT2D eigenvalue weighted by molar-refractivity contribution is 7.13. The average Bonchev–Trinajstić information content (AvgIpc) is 2.58. The Morgan fingerprint density at radius 1 is 1.42 bits per heavy atom. The van der Waals surface area contributed by atoms with E-state index in [1.807, 2.05) is 6.08 Å². The van der Waals surface area contributed by atoms with Crippen LogP contribution in [0, 0.1) is 5.92 Å². The molecule has 1 saturated heterocycles. The summed E-state index contributed by atoms with van der Waals surface area (Å²) in [7, 11) is 2.78. The molecule has 1 nitrogen and oxygen atoms in total. The van der Waals surface area contributed by atoms with Gasteiger partial charge >= 0.3 is 0 Å². The second kappa shape index (κ2) is 3.58. The van der Waals surface area contributed by atoms with Gasteiger partial charge in [-0.05, 0) is 36.5 Å². The van der Waals surface area contributed by atoms with E-state index in [0.29, 0.717) is 0 Å². The highest BCUT2D eigenvalue weighted by atomic mass is 31.0. The van der Waals surface area contributed by atoms with E-state index in [1.54, 1.807) is 0 Å². The Morgan fingerprint density at radius 3 is 2.75 bits per heavy atom. The first-order chi connectivity index (χ1) is 5.86. The Bertz CT molecular complexity index is 253. The minimum atomic E-state index is 0.785. The van der Waals surface area contributed by atoms with Gasteiger partial charge in [0.1, 0.15) is 0 Å². The van der Waals surface area contributed by atoms with Crippen molar-refractivity contribution in [3.05, 3.63) is 29.5 Å². The zero-order valence-corrected chi connectivity index (χ0v) is 8.32. The van der Waals surface area contributed by atoms with E-state index in [2.05, 4.69) is 31.9 Å². The summed E-state index contributed by atoms with van der Waals surface area (Å²) < 4.78 is 2.32. The lowest BCUT2D eigenvalue weighted by molar-refractivity contribution is 0.322. The van der Waals surface area contributed by atoms with Crippen LogP contribution in [0.4, 0.5) is 0 Å². The zero-order valence-electron chi connectivity index (χ0n) is 7.16. The van der Waals surface area contributed by atoms with Crippen molar-refractivity contribution < 1.29 is 0 Å². The van der Waals surface area contributed by atoms with Gasteiger partial charge < -0.3 is 0 Å². The number of piperidine rings is 1. The van der Waals surface area contributed by atoms with Gasteiger partial charge in [0, 0.05) is 13.1 Å². The van der Waals surface area contributed by atoms with Crippen molar-refractivity contribution in [1.29, 1.82) is 0 Å². The summed E-state index contributed by atoms with van der Waals surface area (Å²) in [5, 5.41) is 0. The molecule has 0 aromatic rings. The Balaban J connectivity index is 1.94. The van der Waals surface area contributed by atoms with Crippen LogP contribution in [0.15, 0.2) is 29.5 Å². The van der Waals surface area contributed by atoms with Crippen LogP contribution in [0.1, 0.15) is 12.8 Å². The highest BCUT2D eigenvalue weighted by Gasteiger charge is 2.19. The van der Waals surface area contributed by atoms with Crippen LogP contribution in [-0.2, 0) is 0 Å². The zero-order chi connectivity index (χ0) is 8.39. The summed E-state index contributed by atoms with van der Waals surface area (Å²) in [6, 6.07) is 0. The lowest BCUT2D eigenvalue weighted by Gasteiger charge is -2.28. The Morgan fingerprint density at radius 2 is 2.17 bits per heavy atom. The number of hydrogen-bond donors (Lipinski definition) is 0. The van der Waals surface area contributed by atoms with Crippen LogP contribution in [-0.4, -0.2) is 17.8 Å². The third-order valence-electron chi connectivity index (χ3n) is 2.62. The van der Waals surface area contributed by atoms with Crippen LogP contribution in [0.2, 0.25) is 0 Å². The summed E-state index contributed by atoms with van der Waals surface area (Å²) >= 11 is 0. The van der Waals surface area contributed by atoms with Crippen LogP contribution >= 0.6 is 9.39 Å². The molecule has 2 rings (SSSR count). The quantitative estimate of drug-likeness (QED) is 0.440. The van der Waals surface area contributed by atoms with Crippen LogP contribution in [0.3, 0.4) is 0 Å². The van der Waals surface area contributed by atoms with Gasteiger partial charge in [-0.2, -0.15) is 0 Å². The molecule has 0 radical (unpaired) electrons. The predicted octanol–water partition coefficient (Wildman–Crippen LogP) is 2.14. The third-order valence-corrected chi connectivity index (χ3v) is 3.14. The maximum absolute atomic E-state index is 3.12. The fourth-order valence-corrected chi connectivity index (χ4v) is 2.12. The molecule has 1 unspecified atom stereocenters. The van der Waals surface area contributed by atoms with E-state index in [4.69, 9.17) is 0 Å². The molecule has 0 aromatic carbocycles. The lowest BCUT2D eigenvalue weighted by Crippen LogP contribution is -2.26. The van der Waals surface area contributed by atoms with E-state index in [0.717, 1.165) is 5.92 Å². The molecule has 0 saturated carbocycles. The van der Waals surface area contributed by atoms with Crippen molar-refractivity contribution >= 4 is 9.39 Å². The van der Waals surface area contributed by atoms with Crippen molar-refractivity contribution in [3.8, 4) is 0 Å². The lowest BCUT2D eigenvalue weighted by atomic mass is 9.90. The fourth-order valence-electron chi connectivity index (χ4n) is 1.82. The summed E-state index contributed by atoms with van der Waals surface area (Å²) in [4.78, 5) is 0. The Labute approximate surface area is 76.1 Å². The van der Waals surface area contributed by atoms with Gasteiger partial charge in [0.05, 0.1) is 0 Å². The molecule has 0 bridgehead atoms. The van der Waals surface area contributed by atoms with Crippen LogP contribution < -0.4 is 0 Å². The monoisotopic (exact) mass is 179 g/mol. The van der Waals surface area contributed by atoms with Gasteiger partial charge in [-0.15, -0.1) is 5.73 Å². The van der Waals surface area contributed by atoms with Crippen LogP contribution in [0.25, 0.3) is 0 Å². The Hall–Kier alpha value is -0.350. The van der Waals surface area contributed by atoms with E-state index in [9.17, 15) is 0 Å². The maximum Gasteiger partial charge on any atom is 0.00220 e. The fraction of sp³-hybridized carbons (Fsp3) is 0.500. The number of nitrogens with zero attached hydrogens (tertiary/aromatic N) is 1. The van der Waals surface area contributed by atoms with Gasteiger partial charge in [0.15, 0.2) is 0 Å². The molecule has 1 aliphatic carbocycles. The van der Waals surface area contributed by atoms with E-state index in [-0.39, 0.29) is 0 Å². The number of rotatable bonds is 1. The van der Waals surface area contributed by atoms with Crippen molar-refractivity contribution in [2.24, 2.45) is 5.92 Å². The van der Waals surface area contributed by atoms with Crippen molar-refractivity contribution in [2.75, 3.05) is 13.1 Å². The van der Waals surface area contributed by atoms with Gasteiger partial charge in [-0.25, -0.2) is 0 Å². The second-order valence-corrected chi connectivity index (χ2v) is 4.18. The smallest absolute Gasteiger partial charge is 0.00220 e. The first-order valence-corrected chi connectivity index (χ1v) is 5.00. The standard InChI is InChI=1S/C10H14NP/c12-11-7-5-10(6-8-11)9-3-1-2-4-9/h1,3-4,10H,5-8,12H2. The minimum absolute atomic E-state index is 0.785. The SMILES string of the molecule is PN1CCC(C2=CC=C=C2)CC1. The highest BCUT2D eigenvalue weighted by Crippen LogP contribution is 2.27. The predicted molar refractivity (Wildman–Crippen MR) is 54.7 cm³/mol. The third kappa shape index (κ3) is 1.69. The van der Waals surface area contributed by atoms with Crippen molar-refractivity contribution in [2.45, 2.75) is 12.8 Å². The normalized spacial score (nSPS) is 24.9. The van der Waals surface area contributed by atoms with Crippen molar-refractivity contribution in [3.63, 3.8) is 0 Å². The molecule has 2 aliphatic rings. The number of hydrogen-bond acceptors (Lipinski definition) is 1.